The molecule has 1 aromatic heterocycles. The van der Waals surface area contributed by atoms with Crippen LogP contribution < -0.4 is 15.4 Å². The highest BCUT2D eigenvalue weighted by molar-refractivity contribution is 5.79. The molecule has 0 aliphatic heterocycles. The summed E-state index contributed by atoms with van der Waals surface area (Å²) >= 11 is 0. The zero-order valence-corrected chi connectivity index (χ0v) is 16.5. The van der Waals surface area contributed by atoms with Crippen molar-refractivity contribution >= 4 is 5.96 Å². The summed E-state index contributed by atoms with van der Waals surface area (Å²) in [6.45, 7) is 8.22. The van der Waals surface area contributed by atoms with Gasteiger partial charge >= 0.3 is 0 Å². The van der Waals surface area contributed by atoms with Crippen LogP contribution >= 0.6 is 0 Å². The molecule has 0 saturated carbocycles. The number of aromatic nitrogens is 1. The lowest BCUT2D eigenvalue weighted by atomic mass is 10.1. The van der Waals surface area contributed by atoms with Crippen LogP contribution in [0, 0.1) is 13.8 Å². The van der Waals surface area contributed by atoms with Crippen LogP contribution in [-0.2, 0) is 11.3 Å². The fourth-order valence-electron chi connectivity index (χ4n) is 2.59. The molecule has 7 nitrogen and oxygen atoms in total. The van der Waals surface area contributed by atoms with Crippen LogP contribution in [0.15, 0.2) is 11.2 Å². The van der Waals surface area contributed by atoms with E-state index in [1.54, 1.807) is 21.3 Å². The number of nitrogens with zero attached hydrogens (tertiary/aromatic N) is 3. The zero-order chi connectivity index (χ0) is 18.7. The molecule has 7 heteroatoms. The van der Waals surface area contributed by atoms with Gasteiger partial charge in [0.05, 0.1) is 19.3 Å². The number of aliphatic imine (C=N–C) groups is 1. The van der Waals surface area contributed by atoms with E-state index in [0.29, 0.717) is 6.54 Å². The Morgan fingerprint density at radius 3 is 2.64 bits per heavy atom. The van der Waals surface area contributed by atoms with Crippen molar-refractivity contribution in [2.75, 3.05) is 54.6 Å². The number of aryl methyl sites for hydroxylation is 1. The van der Waals surface area contributed by atoms with Gasteiger partial charge in [0.2, 0.25) is 0 Å². The van der Waals surface area contributed by atoms with Gasteiger partial charge in [-0.2, -0.15) is 0 Å². The van der Waals surface area contributed by atoms with Gasteiger partial charge in [-0.25, -0.2) is 0 Å². The van der Waals surface area contributed by atoms with E-state index in [0.717, 1.165) is 61.2 Å². The van der Waals surface area contributed by atoms with E-state index in [1.165, 1.54) is 0 Å². The number of guanidine groups is 1. The van der Waals surface area contributed by atoms with Gasteiger partial charge < -0.3 is 25.0 Å². The summed E-state index contributed by atoms with van der Waals surface area (Å²) < 4.78 is 10.5. The van der Waals surface area contributed by atoms with Gasteiger partial charge in [0.15, 0.2) is 5.96 Å². The number of hydrogen-bond donors (Lipinski definition) is 2. The first-order valence-corrected chi connectivity index (χ1v) is 8.64. The molecular weight excluding hydrogens is 318 g/mol. The molecule has 0 saturated heterocycles. The minimum Gasteiger partial charge on any atom is -0.496 e. The molecule has 0 aliphatic rings. The molecule has 2 N–H and O–H groups in total. The molecule has 0 bridgehead atoms. The van der Waals surface area contributed by atoms with Crippen LogP contribution in [0.1, 0.15) is 23.2 Å². The summed E-state index contributed by atoms with van der Waals surface area (Å²) in [5, 5.41) is 6.63. The van der Waals surface area contributed by atoms with Crippen LogP contribution in [0.25, 0.3) is 0 Å². The van der Waals surface area contributed by atoms with Crippen molar-refractivity contribution in [2.24, 2.45) is 4.99 Å². The summed E-state index contributed by atoms with van der Waals surface area (Å²) in [4.78, 5) is 11.0. The normalized spacial score (nSPS) is 11.7. The Kier molecular flexibility index (Phi) is 9.87. The fourth-order valence-corrected chi connectivity index (χ4v) is 2.59. The van der Waals surface area contributed by atoms with E-state index in [9.17, 15) is 0 Å². The Labute approximate surface area is 151 Å². The zero-order valence-electron chi connectivity index (χ0n) is 16.5. The molecule has 0 amide bonds. The van der Waals surface area contributed by atoms with Gasteiger partial charge in [-0.3, -0.25) is 9.98 Å². The highest BCUT2D eigenvalue weighted by Crippen LogP contribution is 2.23. The van der Waals surface area contributed by atoms with E-state index < -0.39 is 0 Å². The van der Waals surface area contributed by atoms with Gasteiger partial charge in [0, 0.05) is 57.7 Å². The van der Waals surface area contributed by atoms with E-state index in [4.69, 9.17) is 9.47 Å². The smallest absolute Gasteiger partial charge is 0.191 e. The lowest BCUT2D eigenvalue weighted by molar-refractivity contribution is 0.180. The Morgan fingerprint density at radius 1 is 1.24 bits per heavy atom. The predicted octanol–water partition coefficient (Wildman–Crippen LogP) is 1.34. The standard InChI is InChI=1S/C18H33N5O2/c1-14-12-21-16(15(2)17(14)25-6)13-22-18(19-3)20-8-10-23(4)9-7-11-24-5/h12H,7-11,13H2,1-6H3,(H2,19,20,22). The number of pyridine rings is 1. The predicted molar refractivity (Wildman–Crippen MR) is 102 cm³/mol. The third-order valence-electron chi connectivity index (χ3n) is 4.07. The molecule has 142 valence electrons. The molecule has 0 aromatic carbocycles. The van der Waals surface area contributed by atoms with Crippen LogP contribution in [0.4, 0.5) is 0 Å². The van der Waals surface area contributed by atoms with Gasteiger partial charge in [-0.1, -0.05) is 0 Å². The maximum Gasteiger partial charge on any atom is 0.191 e. The average Bonchev–Trinajstić information content (AvgIpc) is 2.60. The third-order valence-corrected chi connectivity index (χ3v) is 4.07. The molecule has 0 fully saturated rings. The molecule has 1 aromatic rings. The maximum atomic E-state index is 5.45. The second-order valence-electron chi connectivity index (χ2n) is 6.05. The monoisotopic (exact) mass is 351 g/mol. The largest absolute Gasteiger partial charge is 0.496 e. The SMILES string of the molecule is CN=C(NCCN(C)CCCOC)NCc1ncc(C)c(OC)c1C. The lowest BCUT2D eigenvalue weighted by Crippen LogP contribution is -2.41. The van der Waals surface area contributed by atoms with Crippen molar-refractivity contribution in [3.05, 3.63) is 23.0 Å². The number of nitrogens with one attached hydrogen (secondary N) is 2. The number of ether oxygens (including phenoxy) is 2. The Morgan fingerprint density at radius 2 is 2.00 bits per heavy atom. The van der Waals surface area contributed by atoms with Crippen molar-refractivity contribution in [1.82, 2.24) is 20.5 Å². The summed E-state index contributed by atoms with van der Waals surface area (Å²) in [6.07, 6.45) is 2.88. The van der Waals surface area contributed by atoms with E-state index in [2.05, 4.69) is 32.6 Å². The summed E-state index contributed by atoms with van der Waals surface area (Å²) in [7, 11) is 7.31. The number of methoxy groups -OCH3 is 2. The van der Waals surface area contributed by atoms with Gasteiger partial charge in [0.25, 0.3) is 0 Å². The second-order valence-corrected chi connectivity index (χ2v) is 6.05. The van der Waals surface area contributed by atoms with Crippen molar-refractivity contribution in [3.8, 4) is 5.75 Å². The first-order valence-electron chi connectivity index (χ1n) is 8.64. The average molecular weight is 351 g/mol. The molecule has 1 rings (SSSR count). The molecular formula is C18H33N5O2. The fraction of sp³-hybridized carbons (Fsp3) is 0.667. The number of rotatable bonds is 10. The molecule has 0 atom stereocenters. The molecule has 0 unspecified atom stereocenters. The minimum atomic E-state index is 0.603. The Hall–Kier alpha value is -1.86. The summed E-state index contributed by atoms with van der Waals surface area (Å²) in [5.41, 5.74) is 3.06. The minimum absolute atomic E-state index is 0.603. The maximum absolute atomic E-state index is 5.45. The van der Waals surface area contributed by atoms with Crippen LogP contribution in [0.2, 0.25) is 0 Å². The van der Waals surface area contributed by atoms with Crippen molar-refractivity contribution < 1.29 is 9.47 Å². The molecule has 0 spiro atoms. The first kappa shape index (κ1) is 21.2. The number of likely N-dealkylation sites (N-methyl/N-ethyl adjacent to an activating group) is 1. The number of hydrogen-bond acceptors (Lipinski definition) is 5. The Balaban J connectivity index is 2.42. The molecule has 0 radical (unpaired) electrons. The van der Waals surface area contributed by atoms with Crippen LogP contribution in [0.3, 0.4) is 0 Å². The first-order chi connectivity index (χ1) is 12.0. The quantitative estimate of drug-likeness (QED) is 0.377. The van der Waals surface area contributed by atoms with Gasteiger partial charge in [-0.15, -0.1) is 0 Å². The van der Waals surface area contributed by atoms with E-state index in [1.807, 2.05) is 20.0 Å². The molecule has 0 aliphatic carbocycles. The van der Waals surface area contributed by atoms with Crippen molar-refractivity contribution in [3.63, 3.8) is 0 Å². The highest BCUT2D eigenvalue weighted by atomic mass is 16.5. The second kappa shape index (κ2) is 11.7. The van der Waals surface area contributed by atoms with E-state index >= 15 is 0 Å². The van der Waals surface area contributed by atoms with Crippen LogP contribution in [0.5, 0.6) is 5.75 Å². The third kappa shape index (κ3) is 7.27. The van der Waals surface area contributed by atoms with Crippen LogP contribution in [-0.4, -0.2) is 70.4 Å². The van der Waals surface area contributed by atoms with E-state index in [-0.39, 0.29) is 0 Å². The lowest BCUT2D eigenvalue weighted by Gasteiger charge is -2.18. The van der Waals surface area contributed by atoms with Crippen molar-refractivity contribution in [2.45, 2.75) is 26.8 Å². The van der Waals surface area contributed by atoms with Gasteiger partial charge in [-0.05, 0) is 27.3 Å². The topological polar surface area (TPSA) is 71.0 Å². The Bertz CT molecular complexity index is 549. The van der Waals surface area contributed by atoms with Crippen molar-refractivity contribution in [1.29, 1.82) is 0 Å². The highest BCUT2D eigenvalue weighted by Gasteiger charge is 2.10. The molecule has 1 heterocycles. The van der Waals surface area contributed by atoms with Gasteiger partial charge in [0.1, 0.15) is 5.75 Å². The summed E-state index contributed by atoms with van der Waals surface area (Å²) in [6, 6.07) is 0. The molecule has 25 heavy (non-hydrogen) atoms. The summed E-state index contributed by atoms with van der Waals surface area (Å²) in [5.74, 6) is 1.67.